The molecule has 0 aliphatic rings. The summed E-state index contributed by atoms with van der Waals surface area (Å²) in [6.07, 6.45) is 3.81. The first-order valence-corrected chi connectivity index (χ1v) is 9.25. The maximum atomic E-state index is 12.8. The van der Waals surface area contributed by atoms with Crippen molar-refractivity contribution in [3.05, 3.63) is 84.1 Å². The second-order valence-electron chi connectivity index (χ2n) is 6.42. The van der Waals surface area contributed by atoms with E-state index in [4.69, 9.17) is 4.52 Å². The van der Waals surface area contributed by atoms with Crippen LogP contribution >= 0.6 is 0 Å². The number of pyridine rings is 2. The van der Waals surface area contributed by atoms with Gasteiger partial charge in [0.15, 0.2) is 0 Å². The van der Waals surface area contributed by atoms with E-state index in [1.165, 1.54) is 0 Å². The second-order valence-corrected chi connectivity index (χ2v) is 6.42. The lowest BCUT2D eigenvalue weighted by atomic mass is 9.99. The van der Waals surface area contributed by atoms with E-state index in [1.54, 1.807) is 12.4 Å². The molecule has 0 atom stereocenters. The first-order valence-electron chi connectivity index (χ1n) is 9.25. The molecule has 0 bridgehead atoms. The van der Waals surface area contributed by atoms with Crippen molar-refractivity contribution in [1.29, 1.82) is 0 Å². The maximum Gasteiger partial charge on any atom is 0.253 e. The first-order chi connectivity index (χ1) is 14.2. The Labute approximate surface area is 167 Å². The summed E-state index contributed by atoms with van der Waals surface area (Å²) in [5.74, 6) is 0.692. The van der Waals surface area contributed by atoms with Gasteiger partial charge in [0.2, 0.25) is 11.7 Å². The van der Waals surface area contributed by atoms with Crippen molar-refractivity contribution in [3.63, 3.8) is 0 Å². The highest BCUT2D eigenvalue weighted by atomic mass is 16.5. The number of amides is 1. The average Bonchev–Trinajstić information content (AvgIpc) is 3.24. The second kappa shape index (κ2) is 8.43. The molecule has 0 aliphatic heterocycles. The minimum atomic E-state index is -0.182. The molecule has 0 radical (unpaired) electrons. The maximum absolute atomic E-state index is 12.8. The molecular formula is C22H19N5O2. The van der Waals surface area contributed by atoms with E-state index in [9.17, 15) is 4.79 Å². The van der Waals surface area contributed by atoms with Gasteiger partial charge in [0.25, 0.3) is 5.91 Å². The Morgan fingerprint density at radius 3 is 2.62 bits per heavy atom. The number of nitrogens with zero attached hydrogens (tertiary/aromatic N) is 4. The summed E-state index contributed by atoms with van der Waals surface area (Å²) in [4.78, 5) is 25.7. The van der Waals surface area contributed by atoms with Gasteiger partial charge in [-0.1, -0.05) is 41.6 Å². The molecule has 0 unspecified atom stereocenters. The molecule has 0 saturated carbocycles. The topological polar surface area (TPSA) is 93.8 Å². The third kappa shape index (κ3) is 4.19. The Bertz CT molecular complexity index is 1110. The lowest BCUT2D eigenvalue weighted by Crippen LogP contribution is -2.27. The molecule has 4 aromatic rings. The highest BCUT2D eigenvalue weighted by molar-refractivity contribution is 6.01. The Balaban J connectivity index is 1.44. The summed E-state index contributed by atoms with van der Waals surface area (Å²) >= 11 is 0. The molecule has 0 fully saturated rings. The number of benzene rings is 1. The molecule has 1 aromatic carbocycles. The summed E-state index contributed by atoms with van der Waals surface area (Å²) in [5.41, 5.74) is 3.72. The fraction of sp³-hybridized carbons (Fsp3) is 0.136. The number of rotatable bonds is 6. The van der Waals surface area contributed by atoms with Gasteiger partial charge < -0.3 is 9.84 Å². The minimum Gasteiger partial charge on any atom is -0.351 e. The van der Waals surface area contributed by atoms with E-state index in [0.29, 0.717) is 41.6 Å². The molecule has 144 valence electrons. The van der Waals surface area contributed by atoms with Crippen LogP contribution in [-0.2, 0) is 6.42 Å². The van der Waals surface area contributed by atoms with Gasteiger partial charge in [-0.25, -0.2) is 0 Å². The summed E-state index contributed by atoms with van der Waals surface area (Å²) in [7, 11) is 0. The van der Waals surface area contributed by atoms with Crippen LogP contribution in [0.1, 0.15) is 21.9 Å². The number of carbonyl (C=O) groups excluding carboxylic acids is 1. The van der Waals surface area contributed by atoms with Crippen molar-refractivity contribution < 1.29 is 9.32 Å². The predicted molar refractivity (Wildman–Crippen MR) is 108 cm³/mol. The van der Waals surface area contributed by atoms with Crippen LogP contribution < -0.4 is 5.32 Å². The minimum absolute atomic E-state index is 0.182. The molecule has 29 heavy (non-hydrogen) atoms. The van der Waals surface area contributed by atoms with Crippen LogP contribution in [0.4, 0.5) is 0 Å². The zero-order valence-corrected chi connectivity index (χ0v) is 15.9. The van der Waals surface area contributed by atoms with E-state index in [1.807, 2.05) is 61.5 Å². The smallest absolute Gasteiger partial charge is 0.253 e. The molecule has 3 aromatic heterocycles. The van der Waals surface area contributed by atoms with E-state index in [2.05, 4.69) is 25.4 Å². The number of nitrogens with one attached hydrogen (secondary N) is 1. The van der Waals surface area contributed by atoms with Gasteiger partial charge in [-0.05, 0) is 36.2 Å². The highest BCUT2D eigenvalue weighted by Crippen LogP contribution is 2.24. The summed E-state index contributed by atoms with van der Waals surface area (Å²) < 4.78 is 5.26. The normalized spacial score (nSPS) is 10.7. The predicted octanol–water partition coefficient (Wildman–Crippen LogP) is 3.47. The van der Waals surface area contributed by atoms with Crippen LogP contribution in [0.15, 0.2) is 71.5 Å². The van der Waals surface area contributed by atoms with Crippen molar-refractivity contribution in [2.24, 2.45) is 0 Å². The van der Waals surface area contributed by atoms with Crippen LogP contribution in [0, 0.1) is 6.92 Å². The van der Waals surface area contributed by atoms with Crippen molar-refractivity contribution in [2.45, 2.75) is 13.3 Å². The fourth-order valence-electron chi connectivity index (χ4n) is 3.04. The lowest BCUT2D eigenvalue weighted by molar-refractivity contribution is 0.0953. The molecule has 1 amide bonds. The van der Waals surface area contributed by atoms with Gasteiger partial charge in [-0.3, -0.25) is 14.8 Å². The van der Waals surface area contributed by atoms with Gasteiger partial charge >= 0.3 is 0 Å². The van der Waals surface area contributed by atoms with Crippen molar-refractivity contribution in [3.8, 4) is 22.6 Å². The van der Waals surface area contributed by atoms with Gasteiger partial charge in [-0.15, -0.1) is 0 Å². The number of aryl methyl sites for hydroxylation is 1. The number of hydrogen-bond acceptors (Lipinski definition) is 6. The Morgan fingerprint density at radius 1 is 1.00 bits per heavy atom. The molecule has 0 spiro atoms. The average molecular weight is 385 g/mol. The number of carbonyl (C=O) groups is 1. The summed E-state index contributed by atoms with van der Waals surface area (Å²) in [6, 6.07) is 17.1. The van der Waals surface area contributed by atoms with E-state index in [0.717, 1.165) is 11.1 Å². The highest BCUT2D eigenvalue weighted by Gasteiger charge is 2.17. The number of hydrogen-bond donors (Lipinski definition) is 1. The summed E-state index contributed by atoms with van der Waals surface area (Å²) in [5, 5.41) is 6.86. The van der Waals surface area contributed by atoms with Gasteiger partial charge in [0.1, 0.15) is 5.69 Å². The largest absolute Gasteiger partial charge is 0.351 e. The van der Waals surface area contributed by atoms with E-state index in [-0.39, 0.29) is 5.91 Å². The van der Waals surface area contributed by atoms with Gasteiger partial charge in [-0.2, -0.15) is 4.98 Å². The van der Waals surface area contributed by atoms with Crippen LogP contribution in [-0.4, -0.2) is 32.6 Å². The standard InChI is InChI=1S/C22H19N5O2/c1-15-20(17(10-13-23-15)16-7-3-2-4-8-16)22(28)25-14-11-19-26-21(27-29-19)18-9-5-6-12-24-18/h2-10,12-13H,11,14H2,1H3,(H,25,28). The Hall–Kier alpha value is -3.87. The summed E-state index contributed by atoms with van der Waals surface area (Å²) in [6.45, 7) is 2.20. The molecule has 3 heterocycles. The van der Waals surface area contributed by atoms with Crippen molar-refractivity contribution in [1.82, 2.24) is 25.4 Å². The van der Waals surface area contributed by atoms with E-state index < -0.39 is 0 Å². The SMILES string of the molecule is Cc1nccc(-c2ccccc2)c1C(=O)NCCc1nc(-c2ccccn2)no1. The Kier molecular flexibility index (Phi) is 5.38. The van der Waals surface area contributed by atoms with Gasteiger partial charge in [0.05, 0.1) is 11.3 Å². The van der Waals surface area contributed by atoms with Crippen LogP contribution in [0.25, 0.3) is 22.6 Å². The van der Waals surface area contributed by atoms with Crippen LogP contribution in [0.3, 0.4) is 0 Å². The molecule has 0 aliphatic carbocycles. The van der Waals surface area contributed by atoms with Crippen LogP contribution in [0.2, 0.25) is 0 Å². The Morgan fingerprint density at radius 2 is 1.83 bits per heavy atom. The van der Waals surface area contributed by atoms with Crippen molar-refractivity contribution in [2.75, 3.05) is 6.54 Å². The van der Waals surface area contributed by atoms with E-state index >= 15 is 0 Å². The lowest BCUT2D eigenvalue weighted by Gasteiger charge is -2.12. The first kappa shape index (κ1) is 18.5. The molecule has 4 rings (SSSR count). The molecule has 7 nitrogen and oxygen atoms in total. The molecule has 1 N–H and O–H groups in total. The molecule has 7 heteroatoms. The van der Waals surface area contributed by atoms with Crippen LogP contribution in [0.5, 0.6) is 0 Å². The monoisotopic (exact) mass is 385 g/mol. The molecule has 0 saturated heterocycles. The fourth-order valence-corrected chi connectivity index (χ4v) is 3.04. The van der Waals surface area contributed by atoms with Gasteiger partial charge in [0, 0.05) is 25.4 Å². The third-order valence-corrected chi connectivity index (χ3v) is 4.44. The molecular weight excluding hydrogens is 366 g/mol. The number of aromatic nitrogens is 4. The zero-order chi connectivity index (χ0) is 20.1. The van der Waals surface area contributed by atoms with Crippen molar-refractivity contribution >= 4 is 5.91 Å². The quantitative estimate of drug-likeness (QED) is 0.546. The zero-order valence-electron chi connectivity index (χ0n) is 15.9. The third-order valence-electron chi connectivity index (χ3n) is 4.44.